The van der Waals surface area contributed by atoms with Crippen LogP contribution in [0.15, 0.2) is 29.0 Å². The first kappa shape index (κ1) is 19.1. The van der Waals surface area contributed by atoms with Gasteiger partial charge in [-0.3, -0.25) is 19.6 Å². The first-order chi connectivity index (χ1) is 15.2. The molecule has 4 atom stereocenters. The lowest BCUT2D eigenvalue weighted by Gasteiger charge is -2.56. The number of nitrogens with one attached hydrogen (secondary N) is 1. The summed E-state index contributed by atoms with van der Waals surface area (Å²) in [7, 11) is 0. The number of carbonyl (C=O) groups is 2. The zero-order chi connectivity index (χ0) is 20.9. The van der Waals surface area contributed by atoms with Crippen LogP contribution in [0.25, 0.3) is 0 Å². The maximum Gasteiger partial charge on any atom is 0.246 e. The number of amides is 2. The van der Waals surface area contributed by atoms with Gasteiger partial charge in [0.2, 0.25) is 11.8 Å². The molecule has 2 amide bonds. The summed E-state index contributed by atoms with van der Waals surface area (Å²) in [6.45, 7) is 3.83. The number of carbonyl (C=O) groups excluding carboxylic acids is 2. The number of aromatic nitrogens is 2. The average molecular weight is 424 g/mol. The molecule has 4 aliphatic heterocycles. The molecule has 8 heteroatoms. The van der Waals surface area contributed by atoms with Gasteiger partial charge >= 0.3 is 0 Å². The number of likely N-dealkylation sites (tertiary alicyclic amines) is 1. The second-order valence-electron chi connectivity index (χ2n) is 9.62. The molecule has 2 aromatic rings. The highest BCUT2D eigenvalue weighted by atomic mass is 16.3. The van der Waals surface area contributed by atoms with Gasteiger partial charge in [0.05, 0.1) is 19.0 Å². The molecule has 2 aromatic heterocycles. The molecule has 1 N–H and O–H groups in total. The molecule has 3 saturated heterocycles. The molecule has 2 bridgehead atoms. The number of rotatable bonds is 3. The van der Waals surface area contributed by atoms with Crippen molar-refractivity contribution in [2.75, 3.05) is 19.6 Å². The first-order valence-electron chi connectivity index (χ1n) is 11.5. The van der Waals surface area contributed by atoms with Gasteiger partial charge < -0.3 is 14.2 Å². The van der Waals surface area contributed by atoms with Crippen molar-refractivity contribution >= 4 is 11.8 Å². The van der Waals surface area contributed by atoms with Crippen molar-refractivity contribution in [3.8, 4) is 0 Å². The topological polar surface area (TPSA) is 85.7 Å². The van der Waals surface area contributed by atoms with Crippen LogP contribution in [0.5, 0.6) is 0 Å². The molecule has 0 aliphatic carbocycles. The molecule has 8 nitrogen and oxygen atoms in total. The monoisotopic (exact) mass is 423 g/mol. The highest BCUT2D eigenvalue weighted by Crippen LogP contribution is 2.42. The van der Waals surface area contributed by atoms with Gasteiger partial charge in [0.25, 0.3) is 0 Å². The van der Waals surface area contributed by atoms with Crippen molar-refractivity contribution in [3.05, 3.63) is 41.6 Å². The molecule has 0 spiro atoms. The van der Waals surface area contributed by atoms with Gasteiger partial charge in [-0.15, -0.1) is 0 Å². The summed E-state index contributed by atoms with van der Waals surface area (Å²) in [6, 6.07) is 3.77. The summed E-state index contributed by atoms with van der Waals surface area (Å²) in [5.74, 6) is 1.86. The number of hydrogen-bond acceptors (Lipinski definition) is 5. The van der Waals surface area contributed by atoms with Crippen LogP contribution in [0.4, 0.5) is 0 Å². The average Bonchev–Trinajstić information content (AvgIpc) is 3.45. The van der Waals surface area contributed by atoms with E-state index in [1.807, 2.05) is 28.1 Å². The third-order valence-electron chi connectivity index (χ3n) is 7.74. The van der Waals surface area contributed by atoms with Crippen molar-refractivity contribution in [3.63, 3.8) is 0 Å². The molecule has 4 aliphatic rings. The van der Waals surface area contributed by atoms with Crippen LogP contribution in [0.1, 0.15) is 42.7 Å². The Bertz CT molecular complexity index is 970. The molecular weight excluding hydrogens is 394 g/mol. The summed E-state index contributed by atoms with van der Waals surface area (Å²) in [5.41, 5.74) is 2.22. The minimum Gasteiger partial charge on any atom is -0.468 e. The zero-order valence-corrected chi connectivity index (χ0v) is 17.7. The van der Waals surface area contributed by atoms with E-state index in [2.05, 4.69) is 15.1 Å². The normalized spacial score (nSPS) is 30.8. The van der Waals surface area contributed by atoms with E-state index < -0.39 is 0 Å². The standard InChI is InChI=1S/C23H29N5O3/c29-21-5-1-4-20-15-9-16(12-26(11-15)14-18-3-2-8-31-18)22(28(20)21)23(30)27-7-6-19-17(13-27)10-24-25-19/h2-3,8,10,15-16,20,22H,1,4-7,9,11-14H2,(H,24,25)/t15-,16+,20-,22+/m0/s1. The quantitative estimate of drug-likeness (QED) is 0.814. The summed E-state index contributed by atoms with van der Waals surface area (Å²) in [5, 5.41) is 7.18. The number of furan rings is 1. The predicted molar refractivity (Wildman–Crippen MR) is 112 cm³/mol. The van der Waals surface area contributed by atoms with Crippen molar-refractivity contribution in [2.24, 2.45) is 11.8 Å². The Balaban J connectivity index is 1.28. The lowest BCUT2D eigenvalue weighted by molar-refractivity contribution is -0.166. The maximum absolute atomic E-state index is 13.9. The van der Waals surface area contributed by atoms with Gasteiger partial charge in [-0.05, 0) is 37.3 Å². The Morgan fingerprint density at radius 2 is 2.16 bits per heavy atom. The van der Waals surface area contributed by atoms with Gasteiger partial charge in [-0.2, -0.15) is 5.10 Å². The van der Waals surface area contributed by atoms with Crippen molar-refractivity contribution < 1.29 is 14.0 Å². The largest absolute Gasteiger partial charge is 0.468 e. The zero-order valence-electron chi connectivity index (χ0n) is 17.7. The third-order valence-corrected chi connectivity index (χ3v) is 7.74. The number of nitrogens with zero attached hydrogens (tertiary/aromatic N) is 4. The SMILES string of the molecule is O=C([C@H]1[C@@H]2C[C@@H](CN(Cc3ccco3)C2)[C@@H]2CCCC(=O)N21)N1CCc2[nH]ncc2C1. The summed E-state index contributed by atoms with van der Waals surface area (Å²) >= 11 is 0. The number of hydrogen-bond donors (Lipinski definition) is 1. The third kappa shape index (κ3) is 3.28. The van der Waals surface area contributed by atoms with Gasteiger partial charge in [-0.1, -0.05) is 0 Å². The summed E-state index contributed by atoms with van der Waals surface area (Å²) in [4.78, 5) is 33.3. The van der Waals surface area contributed by atoms with Crippen molar-refractivity contribution in [2.45, 2.75) is 57.3 Å². The van der Waals surface area contributed by atoms with Crippen LogP contribution in [0.2, 0.25) is 0 Å². The summed E-state index contributed by atoms with van der Waals surface area (Å²) in [6.07, 6.45) is 7.88. The summed E-state index contributed by atoms with van der Waals surface area (Å²) < 4.78 is 5.59. The van der Waals surface area contributed by atoms with E-state index in [1.165, 1.54) is 0 Å². The molecule has 0 saturated carbocycles. The molecule has 6 rings (SSSR count). The first-order valence-corrected chi connectivity index (χ1v) is 11.5. The fourth-order valence-corrected chi connectivity index (χ4v) is 6.42. The van der Waals surface area contributed by atoms with E-state index in [4.69, 9.17) is 4.42 Å². The van der Waals surface area contributed by atoms with Crippen LogP contribution in [-0.2, 0) is 29.1 Å². The lowest BCUT2D eigenvalue weighted by Crippen LogP contribution is -2.68. The molecule has 164 valence electrons. The van der Waals surface area contributed by atoms with E-state index in [9.17, 15) is 9.59 Å². The number of aromatic amines is 1. The molecule has 0 unspecified atom stereocenters. The van der Waals surface area contributed by atoms with Crippen LogP contribution >= 0.6 is 0 Å². The highest BCUT2D eigenvalue weighted by Gasteiger charge is 2.52. The van der Waals surface area contributed by atoms with E-state index in [1.54, 1.807) is 6.26 Å². The van der Waals surface area contributed by atoms with Gasteiger partial charge in [-0.25, -0.2) is 0 Å². The Kier molecular flexibility index (Phi) is 4.63. The number of H-pyrrole nitrogens is 1. The molecule has 0 aromatic carbocycles. The predicted octanol–water partition coefficient (Wildman–Crippen LogP) is 1.79. The van der Waals surface area contributed by atoms with Gasteiger partial charge in [0.1, 0.15) is 11.8 Å². The van der Waals surface area contributed by atoms with Crippen LogP contribution in [0.3, 0.4) is 0 Å². The lowest BCUT2D eigenvalue weighted by atomic mass is 9.71. The van der Waals surface area contributed by atoms with Crippen LogP contribution in [-0.4, -0.2) is 68.4 Å². The Morgan fingerprint density at radius 1 is 1.26 bits per heavy atom. The molecule has 3 fully saturated rings. The fourth-order valence-electron chi connectivity index (χ4n) is 6.42. The van der Waals surface area contributed by atoms with Gasteiger partial charge in [0.15, 0.2) is 0 Å². The molecule has 31 heavy (non-hydrogen) atoms. The second kappa shape index (κ2) is 7.51. The van der Waals surface area contributed by atoms with E-state index in [-0.39, 0.29) is 29.8 Å². The van der Waals surface area contributed by atoms with Crippen LogP contribution in [0, 0.1) is 11.8 Å². The Morgan fingerprint density at radius 3 is 3.03 bits per heavy atom. The molecular formula is C23H29N5O3. The van der Waals surface area contributed by atoms with E-state index in [0.717, 1.165) is 62.3 Å². The van der Waals surface area contributed by atoms with Crippen molar-refractivity contribution in [1.82, 2.24) is 24.9 Å². The van der Waals surface area contributed by atoms with Gasteiger partial charge in [0, 0.05) is 62.2 Å². The Hall–Kier alpha value is -2.61. The fraction of sp³-hybridized carbons (Fsp3) is 0.609. The van der Waals surface area contributed by atoms with E-state index in [0.29, 0.717) is 25.4 Å². The highest BCUT2D eigenvalue weighted by molar-refractivity contribution is 5.89. The number of fused-ring (bicyclic) bond motifs is 5. The minimum atomic E-state index is -0.345. The number of piperidine rings is 3. The minimum absolute atomic E-state index is 0.121. The van der Waals surface area contributed by atoms with Crippen molar-refractivity contribution in [1.29, 1.82) is 0 Å². The maximum atomic E-state index is 13.9. The Labute approximate surface area is 181 Å². The van der Waals surface area contributed by atoms with Crippen LogP contribution < -0.4 is 0 Å². The second-order valence-corrected chi connectivity index (χ2v) is 9.62. The molecule has 0 radical (unpaired) electrons. The van der Waals surface area contributed by atoms with E-state index >= 15 is 0 Å². The smallest absolute Gasteiger partial charge is 0.246 e. The molecule has 6 heterocycles.